The van der Waals surface area contributed by atoms with Crippen molar-refractivity contribution in [2.24, 2.45) is 0 Å². The highest BCUT2D eigenvalue weighted by molar-refractivity contribution is 6.31. The van der Waals surface area contributed by atoms with Crippen LogP contribution in [-0.4, -0.2) is 10.5 Å². The van der Waals surface area contributed by atoms with Crippen LogP contribution in [0.2, 0.25) is 5.02 Å². The van der Waals surface area contributed by atoms with Crippen LogP contribution < -0.4 is 4.90 Å². The van der Waals surface area contributed by atoms with Crippen molar-refractivity contribution in [2.75, 3.05) is 4.90 Å². The van der Waals surface area contributed by atoms with E-state index in [1.807, 2.05) is 30.9 Å². The van der Waals surface area contributed by atoms with Crippen LogP contribution >= 0.6 is 11.6 Å². The normalized spacial score (nSPS) is 15.6. The molecule has 0 N–H and O–H groups in total. The Hall–Kier alpha value is -2.54. The van der Waals surface area contributed by atoms with Crippen molar-refractivity contribution in [3.63, 3.8) is 0 Å². The van der Waals surface area contributed by atoms with Gasteiger partial charge >= 0.3 is 6.18 Å². The zero-order valence-corrected chi connectivity index (χ0v) is 15.3. The average Bonchev–Trinajstić information content (AvgIpc) is 2.57. The third kappa shape index (κ3) is 3.78. The molecule has 0 atom stereocenters. The number of nitrogens with zero attached hydrogens (tertiary/aromatic N) is 2. The minimum Gasteiger partial charge on any atom is -0.358 e. The third-order valence-electron chi connectivity index (χ3n) is 4.59. The summed E-state index contributed by atoms with van der Waals surface area (Å²) in [5, 5.41) is 11.0. The molecule has 0 radical (unpaired) electrons. The number of rotatable bonds is 3. The number of anilines is 1. The van der Waals surface area contributed by atoms with Gasteiger partial charge in [0, 0.05) is 35.0 Å². The summed E-state index contributed by atoms with van der Waals surface area (Å²) in [5.74, 6) is 0. The first-order valence-corrected chi connectivity index (χ1v) is 8.48. The summed E-state index contributed by atoms with van der Waals surface area (Å²) in [7, 11) is 0. The summed E-state index contributed by atoms with van der Waals surface area (Å²) in [6.45, 7) is 4.16. The molecule has 142 valence electrons. The van der Waals surface area contributed by atoms with E-state index in [1.54, 1.807) is 6.07 Å². The molecule has 0 aliphatic carbocycles. The Morgan fingerprint density at radius 2 is 1.89 bits per heavy atom. The first-order valence-electron chi connectivity index (χ1n) is 8.10. The fourth-order valence-corrected chi connectivity index (χ4v) is 3.28. The van der Waals surface area contributed by atoms with E-state index in [2.05, 4.69) is 0 Å². The number of nitro groups is 1. The highest BCUT2D eigenvalue weighted by Gasteiger charge is 2.33. The molecule has 3 rings (SSSR count). The van der Waals surface area contributed by atoms with E-state index in [4.69, 9.17) is 11.6 Å². The van der Waals surface area contributed by atoms with Crippen LogP contribution in [0.4, 0.5) is 24.5 Å². The zero-order chi connectivity index (χ0) is 20.0. The monoisotopic (exact) mass is 396 g/mol. The van der Waals surface area contributed by atoms with Gasteiger partial charge in [0.15, 0.2) is 0 Å². The second-order valence-corrected chi connectivity index (χ2v) is 7.28. The van der Waals surface area contributed by atoms with Crippen LogP contribution in [0.25, 0.3) is 6.08 Å². The lowest BCUT2D eigenvalue weighted by atomic mass is 9.92. The van der Waals surface area contributed by atoms with Gasteiger partial charge in [-0.1, -0.05) is 29.8 Å². The van der Waals surface area contributed by atoms with Gasteiger partial charge in [-0.05, 0) is 37.6 Å². The van der Waals surface area contributed by atoms with Gasteiger partial charge in [-0.25, -0.2) is 0 Å². The highest BCUT2D eigenvalue weighted by Crippen LogP contribution is 2.39. The molecule has 1 aliphatic rings. The van der Waals surface area contributed by atoms with E-state index in [1.165, 1.54) is 18.2 Å². The number of halogens is 4. The summed E-state index contributed by atoms with van der Waals surface area (Å²) in [4.78, 5) is 12.5. The minimum atomic E-state index is -4.46. The summed E-state index contributed by atoms with van der Waals surface area (Å²) in [6, 6.07) is 7.82. The van der Waals surface area contributed by atoms with Crippen LogP contribution in [0.1, 0.15) is 30.5 Å². The fraction of sp³-hybridized carbons (Fsp3) is 0.263. The average molecular weight is 397 g/mol. The quantitative estimate of drug-likeness (QED) is 0.466. The molecular formula is C19H16ClF3N2O2. The van der Waals surface area contributed by atoms with Gasteiger partial charge in [0.05, 0.1) is 16.0 Å². The molecule has 0 fully saturated rings. The molecule has 0 amide bonds. The van der Waals surface area contributed by atoms with Gasteiger partial charge in [-0.15, -0.1) is 0 Å². The molecule has 4 nitrogen and oxygen atoms in total. The molecule has 2 aromatic carbocycles. The van der Waals surface area contributed by atoms with Gasteiger partial charge in [0.1, 0.15) is 0 Å². The van der Waals surface area contributed by atoms with Crippen molar-refractivity contribution in [3.8, 4) is 0 Å². The van der Waals surface area contributed by atoms with Crippen LogP contribution in [0, 0.1) is 10.1 Å². The van der Waals surface area contributed by atoms with Crippen LogP contribution in [0.5, 0.6) is 0 Å². The molecule has 0 unspecified atom stereocenters. The molecule has 0 saturated carbocycles. The van der Waals surface area contributed by atoms with E-state index in [0.29, 0.717) is 11.1 Å². The predicted molar refractivity (Wildman–Crippen MR) is 98.8 cm³/mol. The van der Waals surface area contributed by atoms with Crippen molar-refractivity contribution >= 4 is 29.1 Å². The lowest BCUT2D eigenvalue weighted by molar-refractivity contribution is -0.384. The summed E-state index contributed by atoms with van der Waals surface area (Å²) in [5.41, 5.74) is 0.693. The molecular weight excluding hydrogens is 381 g/mol. The maximum atomic E-state index is 12.8. The molecule has 0 spiro atoms. The number of fused-ring (bicyclic) bond motifs is 1. The Morgan fingerprint density at radius 3 is 2.48 bits per heavy atom. The lowest BCUT2D eigenvalue weighted by Gasteiger charge is -2.42. The van der Waals surface area contributed by atoms with Crippen LogP contribution in [0.15, 0.2) is 42.5 Å². The number of hydrogen-bond acceptors (Lipinski definition) is 3. The van der Waals surface area contributed by atoms with Crippen molar-refractivity contribution in [3.05, 3.63) is 74.3 Å². The number of nitro benzene ring substituents is 1. The molecule has 0 saturated heterocycles. The molecule has 0 aromatic heterocycles. The van der Waals surface area contributed by atoms with Crippen molar-refractivity contribution in [2.45, 2.75) is 32.1 Å². The zero-order valence-electron chi connectivity index (χ0n) is 14.5. The SMILES string of the molecule is CC1(C)C=Cc2cc([N+](=O)[O-])ccc2N1Cc1ccc(C(F)(F)F)cc1Cl. The van der Waals surface area contributed by atoms with E-state index in [9.17, 15) is 23.3 Å². The van der Waals surface area contributed by atoms with E-state index >= 15 is 0 Å². The molecule has 8 heteroatoms. The third-order valence-corrected chi connectivity index (χ3v) is 4.94. The predicted octanol–water partition coefficient (Wildman–Crippen LogP) is 6.08. The van der Waals surface area contributed by atoms with Gasteiger partial charge in [-0.2, -0.15) is 13.2 Å². The summed E-state index contributed by atoms with van der Waals surface area (Å²) < 4.78 is 38.5. The van der Waals surface area contributed by atoms with Crippen molar-refractivity contribution in [1.82, 2.24) is 0 Å². The van der Waals surface area contributed by atoms with Crippen molar-refractivity contribution in [1.29, 1.82) is 0 Å². The van der Waals surface area contributed by atoms with Gasteiger partial charge < -0.3 is 4.90 Å². The standard InChI is InChI=1S/C19H16ClF3N2O2/c1-18(2)8-7-12-9-15(25(26)27)5-6-17(12)24(18)11-13-3-4-14(10-16(13)20)19(21,22)23/h3-10H,11H2,1-2H3. The maximum Gasteiger partial charge on any atom is 0.416 e. The fourth-order valence-electron chi connectivity index (χ4n) is 3.04. The second kappa shape index (κ2) is 6.56. The second-order valence-electron chi connectivity index (χ2n) is 6.88. The number of non-ortho nitro benzene ring substituents is 1. The Bertz CT molecular complexity index is 939. The van der Waals surface area contributed by atoms with Gasteiger partial charge in [0.25, 0.3) is 5.69 Å². The molecule has 1 heterocycles. The Labute approximate surface area is 159 Å². The smallest absolute Gasteiger partial charge is 0.358 e. The van der Waals surface area contributed by atoms with Crippen LogP contribution in [-0.2, 0) is 12.7 Å². The van der Waals surface area contributed by atoms with E-state index in [0.717, 1.165) is 17.8 Å². The van der Waals surface area contributed by atoms with E-state index < -0.39 is 22.2 Å². The molecule has 27 heavy (non-hydrogen) atoms. The first-order chi connectivity index (χ1) is 12.5. The number of alkyl halides is 3. The molecule has 0 bridgehead atoms. The van der Waals surface area contributed by atoms with Gasteiger partial charge in [0.2, 0.25) is 0 Å². The van der Waals surface area contributed by atoms with Gasteiger partial charge in [-0.3, -0.25) is 10.1 Å². The van der Waals surface area contributed by atoms with E-state index in [-0.39, 0.29) is 17.3 Å². The number of hydrogen-bond donors (Lipinski definition) is 0. The summed E-state index contributed by atoms with van der Waals surface area (Å²) >= 11 is 6.11. The largest absolute Gasteiger partial charge is 0.416 e. The maximum absolute atomic E-state index is 12.8. The molecule has 1 aliphatic heterocycles. The van der Waals surface area contributed by atoms with Crippen LogP contribution in [0.3, 0.4) is 0 Å². The van der Waals surface area contributed by atoms with Crippen molar-refractivity contribution < 1.29 is 18.1 Å². The summed E-state index contributed by atoms with van der Waals surface area (Å²) in [6.07, 6.45) is -0.745. The Balaban J connectivity index is 1.99. The number of benzene rings is 2. The Morgan fingerprint density at radius 1 is 1.19 bits per heavy atom. The highest BCUT2D eigenvalue weighted by atomic mass is 35.5. The topological polar surface area (TPSA) is 46.4 Å². The molecule has 2 aromatic rings. The lowest BCUT2D eigenvalue weighted by Crippen LogP contribution is -2.44. The Kier molecular flexibility index (Phi) is 4.67. The minimum absolute atomic E-state index is 0.0226. The first kappa shape index (κ1) is 19.2.